The van der Waals surface area contributed by atoms with Crippen molar-refractivity contribution in [3.63, 3.8) is 0 Å². The van der Waals surface area contributed by atoms with Crippen molar-refractivity contribution in [2.75, 3.05) is 13.2 Å². The molecule has 1 aromatic heterocycles. The largest absolute Gasteiger partial charge is 0.491 e. The van der Waals surface area contributed by atoms with Crippen molar-refractivity contribution in [2.24, 2.45) is 5.92 Å². The van der Waals surface area contributed by atoms with E-state index in [9.17, 15) is 9.59 Å². The summed E-state index contributed by atoms with van der Waals surface area (Å²) in [6.45, 7) is 2.72. The van der Waals surface area contributed by atoms with Gasteiger partial charge in [0.15, 0.2) is 5.43 Å². The lowest BCUT2D eigenvalue weighted by Gasteiger charge is -2.31. The Morgan fingerprint density at radius 3 is 2.62 bits per heavy atom. The van der Waals surface area contributed by atoms with Crippen LogP contribution in [-0.2, 0) is 9.53 Å². The zero-order chi connectivity index (χ0) is 20.4. The first-order chi connectivity index (χ1) is 14.0. The van der Waals surface area contributed by atoms with Crippen LogP contribution >= 0.6 is 0 Å². The summed E-state index contributed by atoms with van der Waals surface area (Å²) in [5.74, 6) is 0.185. The van der Waals surface area contributed by atoms with Crippen molar-refractivity contribution < 1.29 is 23.8 Å². The first kappa shape index (κ1) is 19.2. The number of rotatable bonds is 7. The smallest absolute Gasteiger partial charge is 0.306 e. The number of benzene rings is 2. The molecule has 0 aliphatic heterocycles. The zero-order valence-corrected chi connectivity index (χ0v) is 16.1. The third-order valence-corrected chi connectivity index (χ3v) is 5.24. The second kappa shape index (κ2) is 8.09. The van der Waals surface area contributed by atoms with Gasteiger partial charge in [0.1, 0.15) is 23.7 Å². The van der Waals surface area contributed by atoms with Crippen LogP contribution in [0.5, 0.6) is 5.75 Å². The lowest BCUT2D eigenvalue weighted by atomic mass is 9.82. The van der Waals surface area contributed by atoms with Crippen molar-refractivity contribution in [1.29, 1.82) is 0 Å². The first-order valence-corrected chi connectivity index (χ1v) is 9.62. The molecule has 3 aromatic rings. The minimum Gasteiger partial charge on any atom is -0.491 e. The van der Waals surface area contributed by atoms with E-state index in [4.69, 9.17) is 19.0 Å². The molecule has 150 valence electrons. The molecule has 1 fully saturated rings. The Morgan fingerprint density at radius 1 is 1.14 bits per heavy atom. The maximum atomic E-state index is 12.4. The quantitative estimate of drug-likeness (QED) is 0.609. The maximum absolute atomic E-state index is 12.4. The van der Waals surface area contributed by atoms with Crippen molar-refractivity contribution in [3.8, 4) is 17.1 Å². The van der Waals surface area contributed by atoms with Gasteiger partial charge in [-0.25, -0.2) is 0 Å². The summed E-state index contributed by atoms with van der Waals surface area (Å²) in [5.41, 5.74) is 2.25. The molecule has 1 saturated carbocycles. The Bertz CT molecular complexity index is 1080. The number of ether oxygens (including phenoxy) is 2. The molecule has 0 amide bonds. The van der Waals surface area contributed by atoms with Gasteiger partial charge in [-0.2, -0.15) is 0 Å². The van der Waals surface area contributed by atoms with E-state index in [1.165, 1.54) is 6.07 Å². The summed E-state index contributed by atoms with van der Waals surface area (Å²) in [7, 11) is 0. The van der Waals surface area contributed by atoms with Crippen LogP contribution in [0.3, 0.4) is 0 Å². The molecule has 1 aliphatic rings. The minimum atomic E-state index is -0.751. The lowest BCUT2D eigenvalue weighted by Crippen LogP contribution is -2.36. The third kappa shape index (κ3) is 4.17. The molecule has 4 rings (SSSR count). The van der Waals surface area contributed by atoms with Crippen molar-refractivity contribution in [2.45, 2.75) is 25.9 Å². The third-order valence-electron chi connectivity index (χ3n) is 5.24. The zero-order valence-electron chi connectivity index (χ0n) is 16.1. The fourth-order valence-corrected chi connectivity index (χ4v) is 3.45. The number of carboxylic acids is 1. The highest BCUT2D eigenvalue weighted by Gasteiger charge is 2.34. The molecule has 0 bridgehead atoms. The van der Waals surface area contributed by atoms with Crippen LogP contribution in [0.25, 0.3) is 22.3 Å². The summed E-state index contributed by atoms with van der Waals surface area (Å²) in [4.78, 5) is 23.1. The van der Waals surface area contributed by atoms with Gasteiger partial charge in [0, 0.05) is 11.6 Å². The Labute approximate surface area is 167 Å². The molecule has 1 aliphatic carbocycles. The number of carbonyl (C=O) groups is 1. The van der Waals surface area contributed by atoms with Crippen LogP contribution < -0.4 is 10.2 Å². The topological polar surface area (TPSA) is 86.0 Å². The summed E-state index contributed by atoms with van der Waals surface area (Å²) in [6.07, 6.45) is 1.15. The molecular formula is C23H22O6. The Morgan fingerprint density at radius 2 is 1.90 bits per heavy atom. The number of carboxylic acid groups (broad SMARTS) is 1. The molecule has 0 atom stereocenters. The van der Waals surface area contributed by atoms with E-state index in [2.05, 4.69) is 0 Å². The molecule has 0 saturated heterocycles. The number of fused-ring (bicyclic) bond motifs is 1. The van der Waals surface area contributed by atoms with E-state index >= 15 is 0 Å². The molecular weight excluding hydrogens is 372 g/mol. The standard InChI is InChI=1S/C23H22O6/c1-14-3-2-4-19-20(24)13-21(29-22(14)19)15-5-7-17(8-6-15)27-9-10-28-18-11-16(12-18)23(25)26/h2-8,13,16,18H,9-12H2,1H3,(H,25,26). The Kier molecular flexibility index (Phi) is 5.36. The van der Waals surface area contributed by atoms with Crippen LogP contribution in [0, 0.1) is 12.8 Å². The summed E-state index contributed by atoms with van der Waals surface area (Å²) in [5, 5.41) is 9.43. The number of hydrogen-bond donors (Lipinski definition) is 1. The molecule has 1 heterocycles. The Hall–Kier alpha value is -3.12. The average molecular weight is 394 g/mol. The second-order valence-corrected chi connectivity index (χ2v) is 7.30. The number of aliphatic carboxylic acids is 1. The number of hydrogen-bond acceptors (Lipinski definition) is 5. The summed E-state index contributed by atoms with van der Waals surface area (Å²) >= 11 is 0. The predicted molar refractivity (Wildman–Crippen MR) is 108 cm³/mol. The van der Waals surface area contributed by atoms with E-state index in [1.54, 1.807) is 6.07 Å². The molecule has 0 unspecified atom stereocenters. The van der Waals surface area contributed by atoms with E-state index in [0.29, 0.717) is 48.5 Å². The van der Waals surface area contributed by atoms with Gasteiger partial charge in [-0.1, -0.05) is 12.1 Å². The highest BCUT2D eigenvalue weighted by atomic mass is 16.5. The fourth-order valence-electron chi connectivity index (χ4n) is 3.45. The Balaban J connectivity index is 1.35. The lowest BCUT2D eigenvalue weighted by molar-refractivity contribution is -0.151. The van der Waals surface area contributed by atoms with Crippen molar-refractivity contribution in [1.82, 2.24) is 0 Å². The number of para-hydroxylation sites is 1. The summed E-state index contributed by atoms with van der Waals surface area (Å²) < 4.78 is 17.2. The van der Waals surface area contributed by atoms with Crippen molar-refractivity contribution in [3.05, 3.63) is 64.3 Å². The average Bonchev–Trinajstić information content (AvgIpc) is 2.67. The molecule has 0 spiro atoms. The van der Waals surface area contributed by atoms with Gasteiger partial charge in [-0.3, -0.25) is 9.59 Å². The molecule has 6 heteroatoms. The fraction of sp³-hybridized carbons (Fsp3) is 0.304. The van der Waals surface area contributed by atoms with E-state index in [1.807, 2.05) is 43.3 Å². The van der Waals surface area contributed by atoms with Gasteiger partial charge in [0.2, 0.25) is 0 Å². The van der Waals surface area contributed by atoms with Crippen molar-refractivity contribution >= 4 is 16.9 Å². The van der Waals surface area contributed by atoms with E-state index in [0.717, 1.165) is 11.1 Å². The first-order valence-electron chi connectivity index (χ1n) is 9.62. The minimum absolute atomic E-state index is 0.0151. The molecule has 0 radical (unpaired) electrons. The highest BCUT2D eigenvalue weighted by molar-refractivity contribution is 5.81. The van der Waals surface area contributed by atoms with Crippen LogP contribution in [0.2, 0.25) is 0 Å². The SMILES string of the molecule is Cc1cccc2c(=O)cc(-c3ccc(OCCOC4CC(C(=O)O)C4)cc3)oc12. The second-order valence-electron chi connectivity index (χ2n) is 7.30. The van der Waals surface area contributed by atoms with E-state index in [-0.39, 0.29) is 17.5 Å². The predicted octanol–water partition coefficient (Wildman–Crippen LogP) is 4.03. The number of aryl methyl sites for hydroxylation is 1. The molecule has 1 N–H and O–H groups in total. The van der Waals surface area contributed by atoms with Gasteiger partial charge in [0.25, 0.3) is 0 Å². The van der Waals surface area contributed by atoms with Crippen LogP contribution in [0.15, 0.2) is 57.7 Å². The van der Waals surface area contributed by atoms with Gasteiger partial charge >= 0.3 is 5.97 Å². The van der Waals surface area contributed by atoms with Crippen LogP contribution in [0.4, 0.5) is 0 Å². The maximum Gasteiger partial charge on any atom is 0.306 e. The molecule has 6 nitrogen and oxygen atoms in total. The molecule has 2 aromatic carbocycles. The van der Waals surface area contributed by atoms with Gasteiger partial charge < -0.3 is 19.0 Å². The van der Waals surface area contributed by atoms with E-state index < -0.39 is 5.97 Å². The van der Waals surface area contributed by atoms with Crippen LogP contribution in [-0.4, -0.2) is 30.4 Å². The summed E-state index contributed by atoms with van der Waals surface area (Å²) in [6, 6.07) is 14.4. The highest BCUT2D eigenvalue weighted by Crippen LogP contribution is 2.30. The van der Waals surface area contributed by atoms with Crippen LogP contribution in [0.1, 0.15) is 18.4 Å². The van der Waals surface area contributed by atoms with Gasteiger partial charge in [0.05, 0.1) is 24.0 Å². The van der Waals surface area contributed by atoms with Gasteiger partial charge in [-0.15, -0.1) is 0 Å². The monoisotopic (exact) mass is 394 g/mol. The van der Waals surface area contributed by atoms with Gasteiger partial charge in [-0.05, 0) is 55.7 Å². The normalized spacial score (nSPS) is 18.4. The molecule has 29 heavy (non-hydrogen) atoms.